The second-order valence-corrected chi connectivity index (χ2v) is 6.63. The molecule has 0 radical (unpaired) electrons. The van der Waals surface area contributed by atoms with E-state index in [4.69, 9.17) is 14.5 Å². The molecule has 5 N–H and O–H groups in total. The van der Waals surface area contributed by atoms with E-state index < -0.39 is 50.2 Å². The van der Waals surface area contributed by atoms with Crippen molar-refractivity contribution >= 4 is 7.82 Å². The van der Waals surface area contributed by atoms with Gasteiger partial charge < -0.3 is 29.7 Å². The molecule has 1 aliphatic heterocycles. The summed E-state index contributed by atoms with van der Waals surface area (Å²) in [5, 5.41) is 19.9. The summed E-state index contributed by atoms with van der Waals surface area (Å²) in [6, 6.07) is 1.19. The number of H-pyrrole nitrogens is 1. The molecule has 1 aliphatic rings. The van der Waals surface area contributed by atoms with Crippen LogP contribution >= 0.6 is 7.82 Å². The van der Waals surface area contributed by atoms with E-state index in [2.05, 4.69) is 9.51 Å². The quantitative estimate of drug-likeness (QED) is 0.365. The zero-order valence-electron chi connectivity index (χ0n) is 12.7. The van der Waals surface area contributed by atoms with E-state index in [0.717, 1.165) is 0 Å². The molecule has 4 atom stereocenters. The van der Waals surface area contributed by atoms with E-state index in [1.54, 1.807) is 0 Å². The lowest BCUT2D eigenvalue weighted by Crippen LogP contribution is -2.43. The third kappa shape index (κ3) is 4.19. The molecule has 0 saturated carbocycles. The number of nitrogens with one attached hydrogen (secondary N) is 1. The predicted octanol–water partition coefficient (Wildman–Crippen LogP) is -1.78. The number of rotatable bonds is 6. The highest BCUT2D eigenvalue weighted by molar-refractivity contribution is 7.46. The van der Waals surface area contributed by atoms with E-state index in [1.807, 2.05) is 6.92 Å². The smallest absolute Gasteiger partial charge is 0.387 e. The Balaban J connectivity index is 2.25. The van der Waals surface area contributed by atoms with Crippen molar-refractivity contribution in [1.82, 2.24) is 9.55 Å². The van der Waals surface area contributed by atoms with E-state index in [9.17, 15) is 24.4 Å². The van der Waals surface area contributed by atoms with E-state index in [1.165, 1.54) is 6.07 Å². The molecule has 12 heteroatoms. The van der Waals surface area contributed by atoms with Gasteiger partial charge in [-0.05, 0) is 6.42 Å². The zero-order chi connectivity index (χ0) is 18.1. The van der Waals surface area contributed by atoms with Gasteiger partial charge in [0.15, 0.2) is 6.23 Å². The van der Waals surface area contributed by atoms with Crippen molar-refractivity contribution in [2.24, 2.45) is 0 Å². The molecule has 24 heavy (non-hydrogen) atoms. The summed E-state index contributed by atoms with van der Waals surface area (Å²) >= 11 is 0. The van der Waals surface area contributed by atoms with E-state index in [-0.39, 0.29) is 0 Å². The number of phosphoric ester groups is 1. The molecule has 0 aliphatic carbocycles. The van der Waals surface area contributed by atoms with Gasteiger partial charge in [0.25, 0.3) is 5.56 Å². The molecule has 0 aromatic carbocycles. The molecule has 1 saturated heterocycles. The molecule has 1 aromatic heterocycles. The lowest BCUT2D eigenvalue weighted by atomic mass is 10.1. The molecule has 0 spiro atoms. The lowest BCUT2D eigenvalue weighted by molar-refractivity contribution is -0.0558. The SMILES string of the molecule is CCCc1cc(=O)n([C@@H]2O[C@H](COP(=O)(O)O)[C@@H](O)[C@H]2O)c(=O)[nH]1. The number of aliphatic hydroxyl groups is 2. The fourth-order valence-corrected chi connectivity index (χ4v) is 2.79. The first kappa shape index (κ1) is 19.0. The molecule has 0 amide bonds. The molecular weight excluding hydrogens is 347 g/mol. The van der Waals surface area contributed by atoms with E-state index >= 15 is 0 Å². The minimum Gasteiger partial charge on any atom is -0.387 e. The summed E-state index contributed by atoms with van der Waals surface area (Å²) in [6.45, 7) is 1.15. The van der Waals surface area contributed by atoms with Crippen LogP contribution < -0.4 is 11.2 Å². The number of hydrogen-bond acceptors (Lipinski definition) is 7. The van der Waals surface area contributed by atoms with Crippen molar-refractivity contribution in [1.29, 1.82) is 0 Å². The Bertz CT molecular complexity index is 708. The van der Waals surface area contributed by atoms with Crippen LogP contribution in [0.3, 0.4) is 0 Å². The standard InChI is InChI=1S/C12H19N2O9P/c1-2-3-6-4-8(15)14(12(18)13-6)11-10(17)9(16)7(23-11)5-22-24(19,20)21/h4,7,9-11,16-17H,2-3,5H2,1H3,(H,13,18)(H2,19,20,21)/t7-,9-,10-,11-/m1/s1. The Hall–Kier alpha value is -1.33. The summed E-state index contributed by atoms with van der Waals surface area (Å²) in [6.07, 6.45) is -4.87. The molecule has 136 valence electrons. The Morgan fingerprint density at radius 3 is 2.54 bits per heavy atom. The highest BCUT2D eigenvalue weighted by Gasteiger charge is 2.45. The number of aryl methyl sites for hydroxylation is 1. The van der Waals surface area contributed by atoms with Gasteiger partial charge in [-0.1, -0.05) is 13.3 Å². The van der Waals surface area contributed by atoms with Gasteiger partial charge in [0, 0.05) is 11.8 Å². The van der Waals surface area contributed by atoms with Gasteiger partial charge in [0.1, 0.15) is 18.3 Å². The van der Waals surface area contributed by atoms with Crippen molar-refractivity contribution in [3.63, 3.8) is 0 Å². The molecule has 0 unspecified atom stereocenters. The van der Waals surface area contributed by atoms with Crippen molar-refractivity contribution in [3.05, 3.63) is 32.6 Å². The van der Waals surface area contributed by atoms with E-state index in [0.29, 0.717) is 23.1 Å². The minimum absolute atomic E-state index is 0.429. The Morgan fingerprint density at radius 2 is 2.00 bits per heavy atom. The Morgan fingerprint density at radius 1 is 1.33 bits per heavy atom. The van der Waals surface area contributed by atoms with Gasteiger partial charge in [0.2, 0.25) is 0 Å². The Labute approximate surface area is 135 Å². The van der Waals surface area contributed by atoms with Crippen molar-refractivity contribution in [2.45, 2.75) is 44.3 Å². The van der Waals surface area contributed by atoms with Crippen LogP contribution in [0.2, 0.25) is 0 Å². The number of ether oxygens (including phenoxy) is 1. The van der Waals surface area contributed by atoms with Crippen molar-refractivity contribution in [2.75, 3.05) is 6.61 Å². The van der Waals surface area contributed by atoms with Gasteiger partial charge in [-0.15, -0.1) is 0 Å². The predicted molar refractivity (Wildman–Crippen MR) is 79.2 cm³/mol. The van der Waals surface area contributed by atoms with Crippen LogP contribution in [0.1, 0.15) is 25.3 Å². The van der Waals surface area contributed by atoms with Gasteiger partial charge in [-0.3, -0.25) is 9.32 Å². The minimum atomic E-state index is -4.80. The summed E-state index contributed by atoms with van der Waals surface area (Å²) in [7, 11) is -4.80. The van der Waals surface area contributed by atoms with Gasteiger partial charge >= 0.3 is 13.5 Å². The summed E-state index contributed by atoms with van der Waals surface area (Å²) in [4.78, 5) is 44.0. The Kier molecular flexibility index (Phi) is 5.76. The first-order valence-electron chi connectivity index (χ1n) is 7.20. The average molecular weight is 366 g/mol. The van der Waals surface area contributed by atoms with Crippen LogP contribution in [0, 0.1) is 0 Å². The number of aromatic amines is 1. The monoisotopic (exact) mass is 366 g/mol. The van der Waals surface area contributed by atoms with Crippen molar-refractivity contribution < 1.29 is 33.8 Å². The zero-order valence-corrected chi connectivity index (χ0v) is 13.6. The molecule has 1 aromatic rings. The van der Waals surface area contributed by atoms with Crippen molar-refractivity contribution in [3.8, 4) is 0 Å². The molecule has 2 heterocycles. The van der Waals surface area contributed by atoms with Gasteiger partial charge in [0.05, 0.1) is 6.61 Å². The molecule has 0 bridgehead atoms. The first-order valence-corrected chi connectivity index (χ1v) is 8.73. The topological polar surface area (TPSA) is 171 Å². The van der Waals surface area contributed by atoms with Crippen LogP contribution in [0.4, 0.5) is 0 Å². The van der Waals surface area contributed by atoms with Gasteiger partial charge in [-0.25, -0.2) is 13.9 Å². The summed E-state index contributed by atoms with van der Waals surface area (Å²) < 4.78 is 20.7. The van der Waals surface area contributed by atoms with Crippen LogP contribution in [-0.4, -0.2) is 54.5 Å². The molecule has 1 fully saturated rings. The number of nitrogens with zero attached hydrogens (tertiary/aromatic N) is 1. The lowest BCUT2D eigenvalue weighted by Gasteiger charge is -2.16. The fourth-order valence-electron chi connectivity index (χ4n) is 2.45. The average Bonchev–Trinajstić information content (AvgIpc) is 2.72. The third-order valence-electron chi connectivity index (χ3n) is 3.54. The highest BCUT2D eigenvalue weighted by Crippen LogP contribution is 2.38. The van der Waals surface area contributed by atoms with Crippen LogP contribution in [-0.2, 0) is 20.2 Å². The number of aromatic nitrogens is 2. The molecular formula is C12H19N2O9P. The number of phosphoric acid groups is 1. The second kappa shape index (κ2) is 7.28. The maximum Gasteiger partial charge on any atom is 0.469 e. The maximum absolute atomic E-state index is 12.1. The van der Waals surface area contributed by atoms with Crippen LogP contribution in [0.5, 0.6) is 0 Å². The number of hydrogen-bond donors (Lipinski definition) is 5. The summed E-state index contributed by atoms with van der Waals surface area (Å²) in [5.74, 6) is 0. The first-order chi connectivity index (χ1) is 11.1. The third-order valence-corrected chi connectivity index (χ3v) is 4.02. The number of aliphatic hydroxyl groups excluding tert-OH is 2. The largest absolute Gasteiger partial charge is 0.469 e. The molecule has 11 nitrogen and oxygen atoms in total. The fraction of sp³-hybridized carbons (Fsp3) is 0.667. The maximum atomic E-state index is 12.1. The molecule has 2 rings (SSSR count). The van der Waals surface area contributed by atoms with Crippen LogP contribution in [0.25, 0.3) is 0 Å². The summed E-state index contributed by atoms with van der Waals surface area (Å²) in [5.41, 5.74) is -1.12. The second-order valence-electron chi connectivity index (χ2n) is 5.39. The van der Waals surface area contributed by atoms with Gasteiger partial charge in [-0.2, -0.15) is 0 Å². The van der Waals surface area contributed by atoms with Crippen LogP contribution in [0.15, 0.2) is 15.7 Å². The highest BCUT2D eigenvalue weighted by atomic mass is 31.2. The normalized spacial score (nSPS) is 27.5.